The summed E-state index contributed by atoms with van der Waals surface area (Å²) in [7, 11) is 0. The Kier molecular flexibility index (Phi) is 6.08. The number of hydrogen-bond acceptors (Lipinski definition) is 8. The van der Waals surface area contributed by atoms with Gasteiger partial charge in [0.05, 0.1) is 12.0 Å². The summed E-state index contributed by atoms with van der Waals surface area (Å²) in [6.07, 6.45) is 5.53. The van der Waals surface area contributed by atoms with Gasteiger partial charge in [-0.1, -0.05) is 6.07 Å². The summed E-state index contributed by atoms with van der Waals surface area (Å²) in [6, 6.07) is 7.61. The van der Waals surface area contributed by atoms with Crippen LogP contribution in [0.2, 0.25) is 0 Å². The first-order chi connectivity index (χ1) is 16.1. The van der Waals surface area contributed by atoms with E-state index in [1.807, 2.05) is 40.9 Å². The number of nitrogens with zero attached hydrogens (tertiary/aromatic N) is 6. The first kappa shape index (κ1) is 21.6. The molecule has 1 amide bonds. The van der Waals surface area contributed by atoms with Crippen molar-refractivity contribution in [1.82, 2.24) is 30.1 Å². The van der Waals surface area contributed by atoms with Gasteiger partial charge in [-0.3, -0.25) is 4.79 Å². The molecule has 0 atom stereocenters. The lowest BCUT2D eigenvalue weighted by atomic mass is 9.98. The molecule has 0 radical (unpaired) electrons. The van der Waals surface area contributed by atoms with Crippen LogP contribution >= 0.6 is 11.8 Å². The van der Waals surface area contributed by atoms with Crippen LogP contribution in [0.4, 0.5) is 0 Å². The number of rotatable bonds is 6. The highest BCUT2D eigenvalue weighted by Crippen LogP contribution is 2.33. The van der Waals surface area contributed by atoms with Crippen molar-refractivity contribution in [2.75, 3.05) is 18.8 Å². The fourth-order valence-corrected chi connectivity index (χ4v) is 5.50. The topological polar surface area (TPSA) is 103 Å². The van der Waals surface area contributed by atoms with Gasteiger partial charge in [-0.15, -0.1) is 16.9 Å². The summed E-state index contributed by atoms with van der Waals surface area (Å²) >= 11 is 1.84. The molecule has 1 saturated heterocycles. The number of aromatic nitrogens is 5. The van der Waals surface area contributed by atoms with E-state index in [4.69, 9.17) is 4.74 Å². The zero-order chi connectivity index (χ0) is 22.8. The molecule has 0 saturated carbocycles. The van der Waals surface area contributed by atoms with Crippen LogP contribution in [0, 0.1) is 12.8 Å². The summed E-state index contributed by atoms with van der Waals surface area (Å²) in [4.78, 5) is 32.0. The molecule has 170 valence electrons. The normalized spacial score (nSPS) is 16.0. The average Bonchev–Trinajstić information content (AvgIpc) is 3.50. The van der Waals surface area contributed by atoms with E-state index in [2.05, 4.69) is 27.4 Å². The molecule has 1 aromatic carbocycles. The number of carbonyl (C=O) groups excluding carboxylic acids is 2. The number of ether oxygens (including phenoxy) is 1. The Morgan fingerprint density at radius 3 is 2.79 bits per heavy atom. The van der Waals surface area contributed by atoms with Crippen molar-refractivity contribution in [1.29, 1.82) is 0 Å². The molecule has 9 nitrogen and oxygen atoms in total. The first-order valence-electron chi connectivity index (χ1n) is 11.0. The van der Waals surface area contributed by atoms with E-state index >= 15 is 0 Å². The largest absolute Gasteiger partial charge is 0.457 e. The molecule has 5 rings (SSSR count). The predicted molar refractivity (Wildman–Crippen MR) is 121 cm³/mol. The number of hydrogen-bond donors (Lipinski definition) is 0. The van der Waals surface area contributed by atoms with E-state index in [9.17, 15) is 9.59 Å². The third kappa shape index (κ3) is 4.61. The number of thioether (sulfide) groups is 1. The van der Waals surface area contributed by atoms with Gasteiger partial charge < -0.3 is 9.64 Å². The van der Waals surface area contributed by atoms with E-state index in [0.29, 0.717) is 30.3 Å². The minimum atomic E-state index is -0.221. The van der Waals surface area contributed by atoms with Crippen LogP contribution in [0.3, 0.4) is 0 Å². The maximum atomic E-state index is 12.8. The number of carbonyl (C=O) groups is 2. The molecule has 0 N–H and O–H groups in total. The second-order valence-corrected chi connectivity index (χ2v) is 9.44. The Labute approximate surface area is 195 Å². The molecule has 0 aliphatic carbocycles. The molecule has 4 heterocycles. The van der Waals surface area contributed by atoms with Gasteiger partial charge in [-0.05, 0) is 65.4 Å². The lowest BCUT2D eigenvalue weighted by Gasteiger charge is -2.32. The molecule has 2 aromatic heterocycles. The number of pyridine rings is 1. The number of esters is 1. The molecule has 2 aliphatic heterocycles. The molecule has 3 aromatic rings. The zero-order valence-corrected chi connectivity index (χ0v) is 19.1. The Balaban J connectivity index is 1.10. The molecule has 0 spiro atoms. The van der Waals surface area contributed by atoms with E-state index in [-0.39, 0.29) is 11.9 Å². The van der Waals surface area contributed by atoms with Crippen LogP contribution in [0.15, 0.2) is 41.7 Å². The van der Waals surface area contributed by atoms with Crippen molar-refractivity contribution in [3.63, 3.8) is 0 Å². The Hall–Kier alpha value is -3.27. The van der Waals surface area contributed by atoms with Crippen LogP contribution in [0.25, 0.3) is 5.82 Å². The molecule has 2 aliphatic rings. The van der Waals surface area contributed by atoms with Gasteiger partial charge in [0.25, 0.3) is 0 Å². The Morgan fingerprint density at radius 2 is 2.06 bits per heavy atom. The van der Waals surface area contributed by atoms with Gasteiger partial charge in [0.1, 0.15) is 12.9 Å². The maximum Gasteiger partial charge on any atom is 0.338 e. The molecule has 0 unspecified atom stereocenters. The van der Waals surface area contributed by atoms with Gasteiger partial charge in [0, 0.05) is 35.5 Å². The van der Waals surface area contributed by atoms with Crippen molar-refractivity contribution >= 4 is 23.6 Å². The van der Waals surface area contributed by atoms with Crippen LogP contribution in [0.1, 0.15) is 39.9 Å². The van der Waals surface area contributed by atoms with Gasteiger partial charge >= 0.3 is 5.97 Å². The van der Waals surface area contributed by atoms with Gasteiger partial charge in [0.2, 0.25) is 5.91 Å². The van der Waals surface area contributed by atoms with Crippen molar-refractivity contribution in [2.45, 2.75) is 37.7 Å². The molecule has 1 fully saturated rings. The summed E-state index contributed by atoms with van der Waals surface area (Å²) < 4.78 is 6.63. The second kappa shape index (κ2) is 9.30. The van der Waals surface area contributed by atoms with Crippen LogP contribution in [0.5, 0.6) is 0 Å². The van der Waals surface area contributed by atoms with Crippen molar-refractivity contribution in [2.24, 2.45) is 5.92 Å². The molecule has 0 bridgehead atoms. The monoisotopic (exact) mass is 464 g/mol. The number of piperidine rings is 1. The highest BCUT2D eigenvalue weighted by molar-refractivity contribution is 7.99. The molecular weight excluding hydrogens is 440 g/mol. The van der Waals surface area contributed by atoms with Gasteiger partial charge in [0.15, 0.2) is 5.82 Å². The number of tetrazole rings is 1. The predicted octanol–water partition coefficient (Wildman–Crippen LogP) is 2.61. The van der Waals surface area contributed by atoms with Crippen LogP contribution in [-0.4, -0.2) is 60.8 Å². The SMILES string of the molecule is Cc1c(SCC2CCN(C(=O)Cc3ccc(-n4cnnn4)nc3)CC2)ccc2c1COC2=O. The van der Waals surface area contributed by atoms with Crippen molar-refractivity contribution < 1.29 is 14.3 Å². The fraction of sp³-hybridized carbons (Fsp3) is 0.391. The first-order valence-corrected chi connectivity index (χ1v) is 12.0. The Morgan fingerprint density at radius 1 is 1.21 bits per heavy atom. The van der Waals surface area contributed by atoms with Crippen LogP contribution in [-0.2, 0) is 22.6 Å². The standard InChI is InChI=1S/C23H24N6O3S/c1-15-19-12-32-23(31)18(19)3-4-20(15)33-13-16-6-8-28(9-7-16)22(30)10-17-2-5-21(24-11-17)29-14-25-26-27-29/h2-5,11,14,16H,6-10,12-13H2,1H3. The van der Waals surface area contributed by atoms with Crippen LogP contribution < -0.4 is 0 Å². The van der Waals surface area contributed by atoms with E-state index < -0.39 is 0 Å². The number of amides is 1. The van der Waals surface area contributed by atoms with Gasteiger partial charge in [-0.25, -0.2) is 9.78 Å². The Bertz CT molecular complexity index is 1160. The highest BCUT2D eigenvalue weighted by Gasteiger charge is 2.26. The van der Waals surface area contributed by atoms with Crippen molar-refractivity contribution in [3.8, 4) is 5.82 Å². The lowest BCUT2D eigenvalue weighted by Crippen LogP contribution is -2.39. The summed E-state index contributed by atoms with van der Waals surface area (Å²) in [5.74, 6) is 2.12. The molecular formula is C23H24N6O3S. The second-order valence-electron chi connectivity index (χ2n) is 8.38. The van der Waals surface area contributed by atoms with Crippen molar-refractivity contribution in [3.05, 3.63) is 59.0 Å². The van der Waals surface area contributed by atoms with E-state index in [1.54, 1.807) is 6.20 Å². The maximum absolute atomic E-state index is 12.8. The lowest BCUT2D eigenvalue weighted by molar-refractivity contribution is -0.131. The minimum Gasteiger partial charge on any atom is -0.457 e. The number of cyclic esters (lactones) is 1. The summed E-state index contributed by atoms with van der Waals surface area (Å²) in [5, 5.41) is 11.0. The van der Waals surface area contributed by atoms with Gasteiger partial charge in [-0.2, -0.15) is 4.68 Å². The highest BCUT2D eigenvalue weighted by atomic mass is 32.2. The number of fused-ring (bicyclic) bond motifs is 1. The minimum absolute atomic E-state index is 0.136. The number of likely N-dealkylation sites (tertiary alicyclic amines) is 1. The smallest absolute Gasteiger partial charge is 0.338 e. The average molecular weight is 465 g/mol. The molecule has 33 heavy (non-hydrogen) atoms. The quantitative estimate of drug-likeness (QED) is 0.405. The summed E-state index contributed by atoms with van der Waals surface area (Å²) in [6.45, 7) is 4.01. The molecule has 10 heteroatoms. The third-order valence-corrected chi connectivity index (χ3v) is 7.70. The third-order valence-electron chi connectivity index (χ3n) is 6.31. The summed E-state index contributed by atoms with van der Waals surface area (Å²) in [5.41, 5.74) is 3.74. The fourth-order valence-electron chi connectivity index (χ4n) is 4.25. The number of benzene rings is 1. The van der Waals surface area contributed by atoms with E-state index in [0.717, 1.165) is 48.4 Å². The van der Waals surface area contributed by atoms with E-state index in [1.165, 1.54) is 15.9 Å². The zero-order valence-electron chi connectivity index (χ0n) is 18.3.